The maximum Gasteiger partial charge on any atom is 0.417 e. The van der Waals surface area contributed by atoms with E-state index in [1.807, 2.05) is 0 Å². The number of pyridine rings is 1. The van der Waals surface area contributed by atoms with Gasteiger partial charge in [0.2, 0.25) is 5.16 Å². The van der Waals surface area contributed by atoms with Crippen LogP contribution in [0.5, 0.6) is 0 Å². The van der Waals surface area contributed by atoms with Crippen LogP contribution in [0.15, 0.2) is 22.4 Å². The number of alkyl halides is 3. The van der Waals surface area contributed by atoms with Crippen LogP contribution in [0.25, 0.3) is 0 Å². The molecule has 0 atom stereocenters. The van der Waals surface area contributed by atoms with Crippen molar-refractivity contribution in [3.63, 3.8) is 0 Å². The molecule has 3 rings (SSSR count). The molecule has 1 aliphatic rings. The highest BCUT2D eigenvalue weighted by atomic mass is 35.5. The fraction of sp³-hybridized carbons (Fsp3) is 0.400. The molecule has 0 aromatic carbocycles. The molecule has 1 aliphatic carbocycles. The van der Waals surface area contributed by atoms with Crippen LogP contribution < -0.4 is 0 Å². The van der Waals surface area contributed by atoms with E-state index in [-0.39, 0.29) is 16.1 Å². The van der Waals surface area contributed by atoms with Gasteiger partial charge in [0.05, 0.1) is 16.6 Å². The van der Waals surface area contributed by atoms with E-state index >= 15 is 0 Å². The molecule has 0 bridgehead atoms. The zero-order chi connectivity index (χ0) is 14.3. The van der Waals surface area contributed by atoms with E-state index in [0.29, 0.717) is 5.16 Å². The summed E-state index contributed by atoms with van der Waals surface area (Å²) in [5.74, 6) is 0. The topological polar surface area (TPSA) is 56.5 Å². The van der Waals surface area contributed by atoms with Gasteiger partial charge in [-0.1, -0.05) is 11.6 Å². The minimum Gasteiger partial charge on any atom is -0.247 e. The van der Waals surface area contributed by atoms with Crippen LogP contribution in [0.4, 0.5) is 13.2 Å². The summed E-state index contributed by atoms with van der Waals surface area (Å²) in [5.41, 5.74) is -0.881. The second kappa shape index (κ2) is 4.88. The lowest BCUT2D eigenvalue weighted by molar-refractivity contribution is -0.137. The standard InChI is InChI=1S/C10H7ClF3N5S/c11-7-3-5(10(12,13)14)4-15-8(7)20-9-16-17-18-19(9)6-1-2-6/h3-4,6H,1-2H2. The summed E-state index contributed by atoms with van der Waals surface area (Å²) < 4.78 is 39.2. The second-order valence-electron chi connectivity index (χ2n) is 4.25. The number of hydrogen-bond donors (Lipinski definition) is 0. The van der Waals surface area contributed by atoms with Crippen LogP contribution in [0.2, 0.25) is 5.02 Å². The number of halogens is 4. The molecule has 2 heterocycles. The van der Waals surface area contributed by atoms with E-state index in [0.717, 1.165) is 36.9 Å². The van der Waals surface area contributed by atoms with E-state index in [1.165, 1.54) is 0 Å². The van der Waals surface area contributed by atoms with Crippen molar-refractivity contribution in [1.29, 1.82) is 0 Å². The number of nitrogens with zero attached hydrogens (tertiary/aromatic N) is 5. The Morgan fingerprint density at radius 1 is 1.35 bits per heavy atom. The highest BCUT2D eigenvalue weighted by Crippen LogP contribution is 2.39. The molecule has 2 aromatic heterocycles. The zero-order valence-electron chi connectivity index (χ0n) is 9.80. The molecule has 0 spiro atoms. The van der Waals surface area contributed by atoms with Gasteiger partial charge in [-0.25, -0.2) is 9.67 Å². The van der Waals surface area contributed by atoms with E-state index in [2.05, 4.69) is 20.5 Å². The molecular formula is C10H7ClF3N5S. The first kappa shape index (κ1) is 13.6. The Balaban J connectivity index is 1.86. The Labute approximate surface area is 120 Å². The van der Waals surface area contributed by atoms with Crippen molar-refractivity contribution in [2.75, 3.05) is 0 Å². The molecule has 10 heteroatoms. The molecule has 2 aromatic rings. The molecule has 1 fully saturated rings. The molecule has 0 aliphatic heterocycles. The molecule has 0 amide bonds. The first-order valence-corrected chi connectivity index (χ1v) is 6.83. The second-order valence-corrected chi connectivity index (χ2v) is 5.61. The monoisotopic (exact) mass is 321 g/mol. The van der Waals surface area contributed by atoms with Gasteiger partial charge in [0.25, 0.3) is 0 Å². The molecule has 0 radical (unpaired) electrons. The Hall–Kier alpha value is -1.35. The van der Waals surface area contributed by atoms with Crippen LogP contribution in [-0.4, -0.2) is 25.2 Å². The largest absolute Gasteiger partial charge is 0.417 e. The molecule has 106 valence electrons. The predicted molar refractivity (Wildman–Crippen MR) is 64.5 cm³/mol. The quantitative estimate of drug-likeness (QED) is 0.868. The minimum absolute atomic E-state index is 0.0739. The smallest absolute Gasteiger partial charge is 0.247 e. The van der Waals surface area contributed by atoms with Crippen molar-refractivity contribution in [3.8, 4) is 0 Å². The maximum absolute atomic E-state index is 12.5. The molecule has 1 saturated carbocycles. The summed E-state index contributed by atoms with van der Waals surface area (Å²) in [6.45, 7) is 0. The van der Waals surface area contributed by atoms with Gasteiger partial charge in [0.15, 0.2) is 0 Å². The van der Waals surface area contributed by atoms with Gasteiger partial charge in [-0.15, -0.1) is 5.10 Å². The average Bonchev–Trinajstić information content (AvgIpc) is 3.11. The normalized spacial score (nSPS) is 15.6. The Morgan fingerprint density at radius 3 is 2.70 bits per heavy atom. The zero-order valence-corrected chi connectivity index (χ0v) is 11.4. The third kappa shape index (κ3) is 2.73. The van der Waals surface area contributed by atoms with E-state index < -0.39 is 11.7 Å². The third-order valence-corrected chi connectivity index (χ3v) is 4.05. The summed E-state index contributed by atoms with van der Waals surface area (Å²) in [6, 6.07) is 1.11. The van der Waals surface area contributed by atoms with Gasteiger partial charge < -0.3 is 0 Å². The van der Waals surface area contributed by atoms with Gasteiger partial charge in [0.1, 0.15) is 5.03 Å². The maximum atomic E-state index is 12.5. The first-order chi connectivity index (χ1) is 9.45. The van der Waals surface area contributed by atoms with E-state index in [1.54, 1.807) is 4.68 Å². The SMILES string of the molecule is FC(F)(F)c1cnc(Sc2nnnn2C2CC2)c(Cl)c1. The highest BCUT2D eigenvalue weighted by molar-refractivity contribution is 7.99. The van der Waals surface area contributed by atoms with Crippen molar-refractivity contribution in [2.24, 2.45) is 0 Å². The van der Waals surface area contributed by atoms with E-state index in [9.17, 15) is 13.2 Å². The Bertz CT molecular complexity index is 640. The lowest BCUT2D eigenvalue weighted by Gasteiger charge is -2.08. The fourth-order valence-electron chi connectivity index (χ4n) is 1.54. The molecule has 0 saturated heterocycles. The molecule has 0 N–H and O–H groups in total. The summed E-state index contributed by atoms with van der Waals surface area (Å²) in [4.78, 5) is 3.74. The summed E-state index contributed by atoms with van der Waals surface area (Å²) >= 11 is 6.89. The average molecular weight is 322 g/mol. The minimum atomic E-state index is -4.46. The molecule has 20 heavy (non-hydrogen) atoms. The molecule has 5 nitrogen and oxygen atoms in total. The number of tetrazole rings is 1. The van der Waals surface area contributed by atoms with Crippen molar-refractivity contribution < 1.29 is 13.2 Å². The lowest BCUT2D eigenvalue weighted by Crippen LogP contribution is -2.06. The van der Waals surface area contributed by atoms with Crippen LogP contribution in [0.1, 0.15) is 24.4 Å². The first-order valence-electron chi connectivity index (χ1n) is 5.63. The molecule has 0 unspecified atom stereocenters. The predicted octanol–water partition coefficient (Wildman–Crippen LogP) is 3.23. The van der Waals surface area contributed by atoms with Gasteiger partial charge in [0, 0.05) is 6.20 Å². The fourth-order valence-corrected chi connectivity index (χ4v) is 2.62. The summed E-state index contributed by atoms with van der Waals surface area (Å²) in [7, 11) is 0. The van der Waals surface area contributed by atoms with Crippen molar-refractivity contribution >= 4 is 23.4 Å². The highest BCUT2D eigenvalue weighted by Gasteiger charge is 2.32. The van der Waals surface area contributed by atoms with E-state index in [4.69, 9.17) is 11.6 Å². The van der Waals surface area contributed by atoms with Crippen LogP contribution in [0.3, 0.4) is 0 Å². The lowest BCUT2D eigenvalue weighted by atomic mass is 10.3. The van der Waals surface area contributed by atoms with Crippen LogP contribution in [-0.2, 0) is 6.18 Å². The number of aromatic nitrogens is 5. The van der Waals surface area contributed by atoms with Crippen molar-refractivity contribution in [3.05, 3.63) is 22.8 Å². The summed E-state index contributed by atoms with van der Waals surface area (Å²) in [5, 5.41) is 11.9. The Morgan fingerprint density at radius 2 is 2.10 bits per heavy atom. The van der Waals surface area contributed by atoms with Gasteiger partial charge in [-0.05, 0) is 41.1 Å². The van der Waals surface area contributed by atoms with Gasteiger partial charge >= 0.3 is 6.18 Å². The number of hydrogen-bond acceptors (Lipinski definition) is 5. The van der Waals surface area contributed by atoms with Crippen LogP contribution in [0, 0.1) is 0 Å². The Kier molecular flexibility index (Phi) is 3.33. The van der Waals surface area contributed by atoms with Crippen molar-refractivity contribution in [1.82, 2.24) is 25.2 Å². The summed E-state index contributed by atoms with van der Waals surface area (Å²) in [6.07, 6.45) is -1.73. The van der Waals surface area contributed by atoms with Crippen LogP contribution >= 0.6 is 23.4 Å². The number of rotatable bonds is 3. The van der Waals surface area contributed by atoms with Gasteiger partial charge in [-0.2, -0.15) is 13.2 Å². The van der Waals surface area contributed by atoms with Gasteiger partial charge in [-0.3, -0.25) is 0 Å². The third-order valence-electron chi connectivity index (χ3n) is 2.68. The van der Waals surface area contributed by atoms with Crippen molar-refractivity contribution in [2.45, 2.75) is 35.2 Å². The molecular weight excluding hydrogens is 315 g/mol.